The molecule has 114 valence electrons. The quantitative estimate of drug-likeness (QED) is 0.767. The molecule has 0 spiro atoms. The van der Waals surface area contributed by atoms with E-state index in [1.165, 1.54) is 5.56 Å². The Hall–Kier alpha value is -0.570. The molecule has 0 bridgehead atoms. The van der Waals surface area contributed by atoms with Gasteiger partial charge in [0.2, 0.25) is 0 Å². The van der Waals surface area contributed by atoms with Crippen LogP contribution in [0.25, 0.3) is 0 Å². The van der Waals surface area contributed by atoms with Crippen molar-refractivity contribution in [2.45, 2.75) is 46.2 Å². The first kappa shape index (κ1) is 17.5. The number of halogens is 1. The second-order valence-electron chi connectivity index (χ2n) is 5.98. The lowest BCUT2D eigenvalue weighted by atomic mass is 10.0. The van der Waals surface area contributed by atoms with Crippen molar-refractivity contribution in [2.75, 3.05) is 20.1 Å². The van der Waals surface area contributed by atoms with Crippen LogP contribution in [0.4, 0.5) is 0 Å². The Balaban J connectivity index is 2.65. The summed E-state index contributed by atoms with van der Waals surface area (Å²) in [5, 5.41) is 4.42. The fourth-order valence-corrected chi connectivity index (χ4v) is 2.76. The molecule has 2 unspecified atom stereocenters. The third-order valence-electron chi connectivity index (χ3n) is 3.95. The van der Waals surface area contributed by atoms with E-state index in [1.54, 1.807) is 0 Å². The molecule has 0 fully saturated rings. The first-order valence-electron chi connectivity index (χ1n) is 7.64. The van der Waals surface area contributed by atoms with E-state index in [1.807, 2.05) is 12.1 Å². The van der Waals surface area contributed by atoms with Gasteiger partial charge in [-0.2, -0.15) is 0 Å². The Morgan fingerprint density at radius 3 is 2.35 bits per heavy atom. The molecule has 1 aromatic rings. The minimum Gasteiger partial charge on any atom is -0.315 e. The highest BCUT2D eigenvalue weighted by Crippen LogP contribution is 2.27. The summed E-state index contributed by atoms with van der Waals surface area (Å²) in [5.74, 6) is 0.693. The maximum Gasteiger partial charge on any atom is 0.0453 e. The lowest BCUT2D eigenvalue weighted by Crippen LogP contribution is -2.41. The van der Waals surface area contributed by atoms with Gasteiger partial charge < -0.3 is 5.32 Å². The molecule has 3 heteroatoms. The molecule has 0 aliphatic heterocycles. The first-order valence-corrected chi connectivity index (χ1v) is 8.02. The molecule has 1 rings (SSSR count). The van der Waals surface area contributed by atoms with Crippen LogP contribution in [0, 0.1) is 5.92 Å². The van der Waals surface area contributed by atoms with Crippen molar-refractivity contribution >= 4 is 11.6 Å². The molecule has 0 heterocycles. The van der Waals surface area contributed by atoms with Crippen LogP contribution < -0.4 is 5.32 Å². The van der Waals surface area contributed by atoms with Crippen molar-refractivity contribution in [1.82, 2.24) is 10.2 Å². The van der Waals surface area contributed by atoms with Crippen LogP contribution in [0.15, 0.2) is 24.3 Å². The fourth-order valence-electron chi connectivity index (χ4n) is 2.46. The number of hydrogen-bond donors (Lipinski definition) is 1. The van der Waals surface area contributed by atoms with E-state index in [0.717, 1.165) is 24.5 Å². The topological polar surface area (TPSA) is 15.3 Å². The lowest BCUT2D eigenvalue weighted by Gasteiger charge is -2.33. The van der Waals surface area contributed by atoms with Gasteiger partial charge in [-0.3, -0.25) is 4.90 Å². The summed E-state index contributed by atoms with van der Waals surface area (Å²) in [5.41, 5.74) is 1.21. The van der Waals surface area contributed by atoms with Crippen molar-refractivity contribution in [3.8, 4) is 0 Å². The average Bonchev–Trinajstić information content (AvgIpc) is 2.42. The number of benzene rings is 1. The Kier molecular flexibility index (Phi) is 7.57. The third-order valence-corrected chi connectivity index (χ3v) is 4.29. The molecule has 0 saturated carbocycles. The SMILES string of the molecule is CCC(CNCC(C)C)N(C)C(C)c1ccccc1Cl. The van der Waals surface area contributed by atoms with Crippen LogP contribution in [0.1, 0.15) is 45.7 Å². The standard InChI is InChI=1S/C17H29ClN2/c1-6-15(12-19-11-13(2)3)20(5)14(4)16-9-7-8-10-17(16)18/h7-10,13-15,19H,6,11-12H2,1-5H3. The van der Waals surface area contributed by atoms with Gasteiger partial charge in [-0.1, -0.05) is 50.6 Å². The number of nitrogens with one attached hydrogen (secondary N) is 1. The van der Waals surface area contributed by atoms with Crippen molar-refractivity contribution < 1.29 is 0 Å². The molecule has 0 radical (unpaired) electrons. The van der Waals surface area contributed by atoms with Crippen LogP contribution in [-0.4, -0.2) is 31.1 Å². The number of likely N-dealkylation sites (N-methyl/N-ethyl adjacent to an activating group) is 1. The highest BCUT2D eigenvalue weighted by molar-refractivity contribution is 6.31. The molecule has 1 aromatic carbocycles. The molecular weight excluding hydrogens is 268 g/mol. The average molecular weight is 297 g/mol. The highest BCUT2D eigenvalue weighted by atomic mass is 35.5. The van der Waals surface area contributed by atoms with Gasteiger partial charge in [0.1, 0.15) is 0 Å². The van der Waals surface area contributed by atoms with Crippen molar-refractivity contribution in [1.29, 1.82) is 0 Å². The maximum absolute atomic E-state index is 6.31. The number of hydrogen-bond acceptors (Lipinski definition) is 2. The Morgan fingerprint density at radius 2 is 1.80 bits per heavy atom. The van der Waals surface area contributed by atoms with Gasteiger partial charge in [0.15, 0.2) is 0 Å². The zero-order valence-electron chi connectivity index (χ0n) is 13.5. The molecule has 0 aliphatic rings. The summed E-state index contributed by atoms with van der Waals surface area (Å²) < 4.78 is 0. The smallest absolute Gasteiger partial charge is 0.0453 e. The van der Waals surface area contributed by atoms with Gasteiger partial charge in [0.25, 0.3) is 0 Å². The summed E-state index contributed by atoms with van der Waals surface area (Å²) >= 11 is 6.31. The van der Waals surface area contributed by atoms with E-state index in [2.05, 4.69) is 57.1 Å². The predicted octanol–water partition coefficient (Wildman–Crippen LogP) is 4.36. The van der Waals surface area contributed by atoms with E-state index in [0.29, 0.717) is 18.0 Å². The van der Waals surface area contributed by atoms with Gasteiger partial charge >= 0.3 is 0 Å². The molecular formula is C17H29ClN2. The van der Waals surface area contributed by atoms with Crippen LogP contribution >= 0.6 is 11.6 Å². The highest BCUT2D eigenvalue weighted by Gasteiger charge is 2.20. The predicted molar refractivity (Wildman–Crippen MR) is 89.4 cm³/mol. The summed E-state index contributed by atoms with van der Waals surface area (Å²) in [4.78, 5) is 2.43. The van der Waals surface area contributed by atoms with Gasteiger partial charge in [-0.25, -0.2) is 0 Å². The van der Waals surface area contributed by atoms with Crippen molar-refractivity contribution in [2.24, 2.45) is 5.92 Å². The lowest BCUT2D eigenvalue weighted by molar-refractivity contribution is 0.175. The van der Waals surface area contributed by atoms with Gasteiger partial charge in [-0.15, -0.1) is 0 Å². The summed E-state index contributed by atoms with van der Waals surface area (Å²) in [6.07, 6.45) is 1.14. The van der Waals surface area contributed by atoms with Crippen molar-refractivity contribution in [3.05, 3.63) is 34.9 Å². The van der Waals surface area contributed by atoms with Gasteiger partial charge in [0, 0.05) is 23.7 Å². The van der Waals surface area contributed by atoms with E-state index >= 15 is 0 Å². The van der Waals surface area contributed by atoms with Gasteiger partial charge in [0.05, 0.1) is 0 Å². The van der Waals surface area contributed by atoms with E-state index in [4.69, 9.17) is 11.6 Å². The Bertz CT molecular complexity index is 392. The molecule has 20 heavy (non-hydrogen) atoms. The molecule has 0 aliphatic carbocycles. The minimum atomic E-state index is 0.328. The molecule has 0 amide bonds. The van der Waals surface area contributed by atoms with Crippen LogP contribution in [0.5, 0.6) is 0 Å². The molecule has 0 saturated heterocycles. The molecule has 2 atom stereocenters. The first-order chi connectivity index (χ1) is 9.47. The number of nitrogens with zero attached hydrogens (tertiary/aromatic N) is 1. The maximum atomic E-state index is 6.31. The van der Waals surface area contributed by atoms with E-state index in [-0.39, 0.29) is 0 Å². The molecule has 2 nitrogen and oxygen atoms in total. The van der Waals surface area contributed by atoms with Crippen LogP contribution in [-0.2, 0) is 0 Å². The Morgan fingerprint density at radius 1 is 1.15 bits per heavy atom. The van der Waals surface area contributed by atoms with E-state index < -0.39 is 0 Å². The van der Waals surface area contributed by atoms with E-state index in [9.17, 15) is 0 Å². The summed E-state index contributed by atoms with van der Waals surface area (Å²) in [7, 11) is 2.19. The monoisotopic (exact) mass is 296 g/mol. The Labute approximate surface area is 129 Å². The normalized spacial score (nSPS) is 14.8. The van der Waals surface area contributed by atoms with Gasteiger partial charge in [-0.05, 0) is 44.5 Å². The largest absolute Gasteiger partial charge is 0.315 e. The third kappa shape index (κ3) is 5.08. The van der Waals surface area contributed by atoms with Crippen LogP contribution in [0.2, 0.25) is 5.02 Å². The molecule has 1 N–H and O–H groups in total. The zero-order chi connectivity index (χ0) is 15.1. The van der Waals surface area contributed by atoms with Crippen molar-refractivity contribution in [3.63, 3.8) is 0 Å². The summed E-state index contributed by atoms with van der Waals surface area (Å²) in [6.45, 7) is 11.1. The second kappa shape index (κ2) is 8.66. The second-order valence-corrected chi connectivity index (χ2v) is 6.38. The zero-order valence-corrected chi connectivity index (χ0v) is 14.2. The minimum absolute atomic E-state index is 0.328. The molecule has 0 aromatic heterocycles. The summed E-state index contributed by atoms with van der Waals surface area (Å²) in [6, 6.07) is 9.00. The number of rotatable bonds is 8. The fraction of sp³-hybridized carbons (Fsp3) is 0.647. The van der Waals surface area contributed by atoms with Crippen LogP contribution in [0.3, 0.4) is 0 Å².